The Bertz CT molecular complexity index is 763. The molecular weight excluding hydrogens is 334 g/mol. The normalized spacial score (nSPS) is 28.5. The summed E-state index contributed by atoms with van der Waals surface area (Å²) in [6.07, 6.45) is -2.49. The average Bonchev–Trinajstić information content (AvgIpc) is 3.01. The minimum atomic E-state index is -4.72. The second kappa shape index (κ2) is 5.76. The lowest BCUT2D eigenvalue weighted by Crippen LogP contribution is -2.33. The van der Waals surface area contributed by atoms with Gasteiger partial charge in [0.05, 0.1) is 12.9 Å². The molecule has 1 fully saturated rings. The van der Waals surface area contributed by atoms with Crippen LogP contribution in [0.2, 0.25) is 0 Å². The predicted octanol–water partition coefficient (Wildman–Crippen LogP) is -1.86. The van der Waals surface area contributed by atoms with Crippen molar-refractivity contribution in [3.8, 4) is 0 Å². The number of imidazole rings is 1. The van der Waals surface area contributed by atoms with Gasteiger partial charge in [0.2, 0.25) is 0 Å². The maximum Gasteiger partial charge on any atom is 0.469 e. The number of ether oxygens (including phenoxy) is 1. The number of hydrogen-bond donors (Lipinski definition) is 5. The van der Waals surface area contributed by atoms with Crippen molar-refractivity contribution >= 4 is 24.8 Å². The standard InChI is InChI=1S/C10H14N5O7P/c11-8-5-9(13-2-12-8)15(3-14-5)10-7(17)6(16)4(22-10)1-21-23(18,19)20/h2-4,6-7,10,16-17H,1H2,(H2,11,12,13)(H2,18,19,20)/t4-,6-,7-,10-/m1/s1/i10+1. The lowest BCUT2D eigenvalue weighted by Gasteiger charge is -2.16. The largest absolute Gasteiger partial charge is 0.469 e. The molecule has 1 saturated heterocycles. The second-order valence-electron chi connectivity index (χ2n) is 4.92. The molecule has 2 aromatic heterocycles. The van der Waals surface area contributed by atoms with Crippen LogP contribution in [-0.4, -0.2) is 64.4 Å². The van der Waals surface area contributed by atoms with Crippen molar-refractivity contribution < 1.29 is 33.8 Å². The summed E-state index contributed by atoms with van der Waals surface area (Å²) in [5, 5.41) is 20.1. The fourth-order valence-electron chi connectivity index (χ4n) is 2.32. The van der Waals surface area contributed by atoms with Gasteiger partial charge in [0, 0.05) is 0 Å². The summed E-state index contributed by atoms with van der Waals surface area (Å²) < 4.78 is 21.8. The lowest BCUT2D eigenvalue weighted by molar-refractivity contribution is -0.0504. The van der Waals surface area contributed by atoms with E-state index in [2.05, 4.69) is 19.5 Å². The number of phosphoric ester groups is 1. The zero-order valence-corrected chi connectivity index (χ0v) is 12.4. The number of aliphatic hydroxyl groups excluding tert-OH is 2. The first-order valence-electron chi connectivity index (χ1n) is 6.42. The van der Waals surface area contributed by atoms with Gasteiger partial charge >= 0.3 is 7.82 Å². The van der Waals surface area contributed by atoms with E-state index in [-0.39, 0.29) is 11.5 Å². The maximum atomic E-state index is 10.7. The molecule has 6 N–H and O–H groups in total. The van der Waals surface area contributed by atoms with Gasteiger partial charge in [-0.15, -0.1) is 0 Å². The number of aromatic nitrogens is 4. The van der Waals surface area contributed by atoms with E-state index in [9.17, 15) is 14.8 Å². The monoisotopic (exact) mass is 348 g/mol. The Morgan fingerprint density at radius 2 is 2.04 bits per heavy atom. The fraction of sp³-hybridized carbons (Fsp3) is 0.500. The van der Waals surface area contributed by atoms with E-state index < -0.39 is 39.0 Å². The number of fused-ring (bicyclic) bond motifs is 1. The number of aliphatic hydroxyl groups is 2. The van der Waals surface area contributed by atoms with Crippen LogP contribution in [-0.2, 0) is 13.8 Å². The number of nitrogen functional groups attached to an aromatic ring is 1. The van der Waals surface area contributed by atoms with Crippen LogP contribution in [0.1, 0.15) is 6.23 Å². The number of nitrogens with zero attached hydrogens (tertiary/aromatic N) is 4. The molecule has 0 bridgehead atoms. The third-order valence-electron chi connectivity index (χ3n) is 3.41. The smallest absolute Gasteiger partial charge is 0.387 e. The van der Waals surface area contributed by atoms with Gasteiger partial charge in [-0.2, -0.15) is 0 Å². The van der Waals surface area contributed by atoms with Crippen LogP contribution in [0.15, 0.2) is 12.7 Å². The van der Waals surface area contributed by atoms with E-state index in [1.165, 1.54) is 17.2 Å². The molecule has 12 nitrogen and oxygen atoms in total. The highest BCUT2D eigenvalue weighted by atomic mass is 31.2. The van der Waals surface area contributed by atoms with Crippen molar-refractivity contribution in [2.75, 3.05) is 12.3 Å². The van der Waals surface area contributed by atoms with E-state index in [0.717, 1.165) is 0 Å². The molecule has 0 amide bonds. The van der Waals surface area contributed by atoms with Crippen molar-refractivity contribution in [2.24, 2.45) is 0 Å². The van der Waals surface area contributed by atoms with Crippen molar-refractivity contribution in [3.63, 3.8) is 0 Å². The van der Waals surface area contributed by atoms with E-state index in [0.29, 0.717) is 5.52 Å². The summed E-state index contributed by atoms with van der Waals surface area (Å²) in [5.41, 5.74) is 6.25. The molecule has 126 valence electrons. The van der Waals surface area contributed by atoms with Gasteiger partial charge in [-0.05, 0) is 0 Å². The SMILES string of the molecule is Nc1ncnc2c1ncn2[13C@@H]1O[C@H](COP(=O)(O)O)[C@@H](O)[C@H]1O. The summed E-state index contributed by atoms with van der Waals surface area (Å²) in [6.45, 7) is -0.594. The van der Waals surface area contributed by atoms with E-state index in [4.69, 9.17) is 20.3 Å². The Kier molecular flexibility index (Phi) is 4.06. The highest BCUT2D eigenvalue weighted by Gasteiger charge is 2.45. The Labute approximate surface area is 128 Å². The third-order valence-corrected chi connectivity index (χ3v) is 3.89. The number of phosphoric acid groups is 1. The molecule has 0 aliphatic carbocycles. The molecular formula is C10H14N5O7P. The van der Waals surface area contributed by atoms with Gasteiger partial charge in [0.15, 0.2) is 17.7 Å². The minimum absolute atomic E-state index is 0.142. The van der Waals surface area contributed by atoms with Gasteiger partial charge in [-0.3, -0.25) is 9.09 Å². The topological polar surface area (TPSA) is 186 Å². The van der Waals surface area contributed by atoms with Crippen molar-refractivity contribution in [2.45, 2.75) is 24.5 Å². The van der Waals surface area contributed by atoms with Crippen molar-refractivity contribution in [3.05, 3.63) is 12.7 Å². The summed E-state index contributed by atoms with van der Waals surface area (Å²) in [4.78, 5) is 29.2. The molecule has 0 unspecified atom stereocenters. The van der Waals surface area contributed by atoms with Crippen LogP contribution in [0, 0.1) is 0 Å². The molecule has 0 aromatic carbocycles. The Balaban J connectivity index is 1.85. The van der Waals surface area contributed by atoms with Crippen molar-refractivity contribution in [1.82, 2.24) is 19.5 Å². The summed E-state index contributed by atoms with van der Waals surface area (Å²) in [5.74, 6) is 0.142. The van der Waals surface area contributed by atoms with Crippen LogP contribution < -0.4 is 5.73 Å². The molecule has 3 heterocycles. The van der Waals surface area contributed by atoms with Gasteiger partial charge in [0.25, 0.3) is 0 Å². The molecule has 3 rings (SSSR count). The van der Waals surface area contributed by atoms with Gasteiger partial charge in [0.1, 0.15) is 30.2 Å². The average molecular weight is 348 g/mol. The molecule has 0 spiro atoms. The first kappa shape index (κ1) is 16.2. The highest BCUT2D eigenvalue weighted by molar-refractivity contribution is 7.46. The quantitative estimate of drug-likeness (QED) is 0.308. The first-order valence-corrected chi connectivity index (χ1v) is 7.95. The van der Waals surface area contributed by atoms with Crippen LogP contribution in [0.3, 0.4) is 0 Å². The Morgan fingerprint density at radius 3 is 2.74 bits per heavy atom. The number of nitrogens with two attached hydrogens (primary N) is 1. The summed E-state index contributed by atoms with van der Waals surface area (Å²) in [7, 11) is -4.72. The van der Waals surface area contributed by atoms with Gasteiger partial charge in [-0.25, -0.2) is 19.5 Å². The number of rotatable bonds is 4. The highest BCUT2D eigenvalue weighted by Crippen LogP contribution is 2.38. The molecule has 1 aliphatic rings. The first-order chi connectivity index (χ1) is 10.8. The molecule has 2 aromatic rings. The van der Waals surface area contributed by atoms with Crippen LogP contribution in [0.25, 0.3) is 11.2 Å². The number of anilines is 1. The molecule has 23 heavy (non-hydrogen) atoms. The van der Waals surface area contributed by atoms with Gasteiger partial charge < -0.3 is 30.5 Å². The molecule has 0 saturated carbocycles. The van der Waals surface area contributed by atoms with E-state index in [1.807, 2.05) is 0 Å². The molecule has 13 heteroatoms. The lowest BCUT2D eigenvalue weighted by atomic mass is 10.2. The fourth-order valence-corrected chi connectivity index (χ4v) is 2.66. The summed E-state index contributed by atoms with van der Waals surface area (Å²) in [6, 6.07) is 0. The summed E-state index contributed by atoms with van der Waals surface area (Å²) >= 11 is 0. The predicted molar refractivity (Wildman–Crippen MR) is 73.7 cm³/mol. The molecule has 0 radical (unpaired) electrons. The van der Waals surface area contributed by atoms with E-state index in [1.54, 1.807) is 0 Å². The van der Waals surface area contributed by atoms with Crippen molar-refractivity contribution in [1.29, 1.82) is 0 Å². The maximum absolute atomic E-state index is 10.7. The minimum Gasteiger partial charge on any atom is -0.387 e. The zero-order valence-electron chi connectivity index (χ0n) is 11.5. The third kappa shape index (κ3) is 3.05. The van der Waals surface area contributed by atoms with Crippen LogP contribution in [0.4, 0.5) is 5.82 Å². The second-order valence-corrected chi connectivity index (χ2v) is 6.15. The van der Waals surface area contributed by atoms with E-state index >= 15 is 0 Å². The van der Waals surface area contributed by atoms with Crippen LogP contribution in [0.5, 0.6) is 0 Å². The Morgan fingerprint density at radius 1 is 1.30 bits per heavy atom. The number of hydrogen-bond acceptors (Lipinski definition) is 9. The molecule has 1 aliphatic heterocycles. The van der Waals surface area contributed by atoms with Crippen LogP contribution >= 0.6 is 7.82 Å². The zero-order chi connectivity index (χ0) is 16.8. The Hall–Kier alpha value is -1.66. The molecule has 4 atom stereocenters. The van der Waals surface area contributed by atoms with Gasteiger partial charge in [-0.1, -0.05) is 0 Å².